The SMILES string of the molecule is O=C(c1ccccc1)c1ncc2ccc(Cl)cc2n1. The number of carbonyl (C=O) groups is 1. The Labute approximate surface area is 114 Å². The van der Waals surface area contributed by atoms with Crippen LogP contribution in [0.1, 0.15) is 16.2 Å². The molecule has 0 unspecified atom stereocenters. The highest BCUT2D eigenvalue weighted by atomic mass is 35.5. The molecule has 3 nitrogen and oxygen atoms in total. The molecule has 0 amide bonds. The van der Waals surface area contributed by atoms with Crippen LogP contribution in [-0.2, 0) is 0 Å². The first kappa shape index (κ1) is 11.8. The lowest BCUT2D eigenvalue weighted by Crippen LogP contribution is -2.06. The molecule has 0 saturated heterocycles. The van der Waals surface area contributed by atoms with Crippen LogP contribution in [0.2, 0.25) is 5.02 Å². The molecule has 0 saturated carbocycles. The van der Waals surface area contributed by atoms with Crippen LogP contribution < -0.4 is 0 Å². The highest BCUT2D eigenvalue weighted by molar-refractivity contribution is 6.31. The molecule has 1 heterocycles. The van der Waals surface area contributed by atoms with Crippen molar-refractivity contribution in [3.8, 4) is 0 Å². The molecule has 0 radical (unpaired) electrons. The third-order valence-electron chi connectivity index (χ3n) is 2.78. The van der Waals surface area contributed by atoms with Crippen LogP contribution in [-0.4, -0.2) is 15.8 Å². The van der Waals surface area contributed by atoms with E-state index in [4.69, 9.17) is 11.6 Å². The molecule has 3 rings (SSSR count). The van der Waals surface area contributed by atoms with Crippen LogP contribution in [0, 0.1) is 0 Å². The molecular weight excluding hydrogens is 260 g/mol. The number of hydrogen-bond acceptors (Lipinski definition) is 3. The number of rotatable bonds is 2. The Morgan fingerprint density at radius 1 is 1.05 bits per heavy atom. The van der Waals surface area contributed by atoms with Gasteiger partial charge in [-0.1, -0.05) is 41.9 Å². The molecular formula is C15H9ClN2O. The average Bonchev–Trinajstić information content (AvgIpc) is 2.46. The van der Waals surface area contributed by atoms with Gasteiger partial charge in [-0.2, -0.15) is 0 Å². The first-order valence-corrected chi connectivity index (χ1v) is 6.14. The molecule has 0 bridgehead atoms. The summed E-state index contributed by atoms with van der Waals surface area (Å²) in [5.41, 5.74) is 1.24. The second-order valence-electron chi connectivity index (χ2n) is 4.09. The molecule has 0 N–H and O–H groups in total. The van der Waals surface area contributed by atoms with Crippen molar-refractivity contribution in [3.63, 3.8) is 0 Å². The van der Waals surface area contributed by atoms with Gasteiger partial charge in [0.25, 0.3) is 0 Å². The summed E-state index contributed by atoms with van der Waals surface area (Å²) in [5, 5.41) is 1.44. The minimum absolute atomic E-state index is 0.181. The van der Waals surface area contributed by atoms with Crippen molar-refractivity contribution in [2.24, 2.45) is 0 Å². The maximum Gasteiger partial charge on any atom is 0.230 e. The summed E-state index contributed by atoms with van der Waals surface area (Å²) in [6, 6.07) is 14.3. The molecule has 1 aromatic heterocycles. The quantitative estimate of drug-likeness (QED) is 0.668. The Morgan fingerprint density at radius 2 is 1.84 bits per heavy atom. The molecule has 0 aliphatic rings. The predicted octanol–water partition coefficient (Wildman–Crippen LogP) is 3.51. The second kappa shape index (κ2) is 4.78. The zero-order valence-electron chi connectivity index (χ0n) is 9.88. The van der Waals surface area contributed by atoms with Gasteiger partial charge < -0.3 is 0 Å². The van der Waals surface area contributed by atoms with Crippen molar-refractivity contribution >= 4 is 28.3 Å². The van der Waals surface area contributed by atoms with E-state index in [-0.39, 0.29) is 11.6 Å². The molecule has 0 aliphatic heterocycles. The van der Waals surface area contributed by atoms with E-state index < -0.39 is 0 Å². The summed E-state index contributed by atoms with van der Waals surface area (Å²) in [4.78, 5) is 20.6. The second-order valence-corrected chi connectivity index (χ2v) is 4.53. The number of fused-ring (bicyclic) bond motifs is 1. The zero-order valence-corrected chi connectivity index (χ0v) is 10.6. The van der Waals surface area contributed by atoms with Gasteiger partial charge in [0.05, 0.1) is 5.52 Å². The van der Waals surface area contributed by atoms with Crippen molar-refractivity contribution in [2.75, 3.05) is 0 Å². The summed E-state index contributed by atoms with van der Waals surface area (Å²) in [5.74, 6) is -0.0107. The van der Waals surface area contributed by atoms with Crippen LogP contribution in [0.15, 0.2) is 54.7 Å². The number of halogens is 1. The van der Waals surface area contributed by atoms with E-state index in [0.29, 0.717) is 16.1 Å². The summed E-state index contributed by atoms with van der Waals surface area (Å²) < 4.78 is 0. The molecule has 19 heavy (non-hydrogen) atoms. The number of nitrogens with zero attached hydrogens (tertiary/aromatic N) is 2. The van der Waals surface area contributed by atoms with Gasteiger partial charge in [-0.25, -0.2) is 9.97 Å². The van der Waals surface area contributed by atoms with Crippen LogP contribution in [0.5, 0.6) is 0 Å². The van der Waals surface area contributed by atoms with Crippen molar-refractivity contribution in [3.05, 3.63) is 71.1 Å². The summed E-state index contributed by atoms with van der Waals surface area (Å²) in [6.07, 6.45) is 1.63. The largest absolute Gasteiger partial charge is 0.285 e. The Morgan fingerprint density at radius 3 is 2.63 bits per heavy atom. The Kier molecular flexibility index (Phi) is 2.97. The number of carbonyl (C=O) groups excluding carboxylic acids is 1. The summed E-state index contributed by atoms with van der Waals surface area (Å²) >= 11 is 5.92. The van der Waals surface area contributed by atoms with E-state index in [1.807, 2.05) is 24.3 Å². The molecule has 0 fully saturated rings. The zero-order chi connectivity index (χ0) is 13.2. The number of hydrogen-bond donors (Lipinski definition) is 0. The van der Waals surface area contributed by atoms with Gasteiger partial charge in [-0.15, -0.1) is 0 Å². The highest BCUT2D eigenvalue weighted by Gasteiger charge is 2.12. The van der Waals surface area contributed by atoms with Crippen molar-refractivity contribution in [1.29, 1.82) is 0 Å². The monoisotopic (exact) mass is 268 g/mol. The maximum absolute atomic E-state index is 12.2. The molecule has 0 spiro atoms. The normalized spacial score (nSPS) is 10.6. The summed E-state index contributed by atoms with van der Waals surface area (Å²) in [6.45, 7) is 0. The van der Waals surface area contributed by atoms with Crippen molar-refractivity contribution < 1.29 is 4.79 Å². The third-order valence-corrected chi connectivity index (χ3v) is 3.02. The number of ketones is 1. The summed E-state index contributed by atoms with van der Waals surface area (Å²) in [7, 11) is 0. The lowest BCUT2D eigenvalue weighted by Gasteiger charge is -2.02. The molecule has 2 aromatic carbocycles. The van der Waals surface area contributed by atoms with Gasteiger partial charge >= 0.3 is 0 Å². The van der Waals surface area contributed by atoms with E-state index in [2.05, 4.69) is 9.97 Å². The van der Waals surface area contributed by atoms with E-state index in [1.54, 1.807) is 30.5 Å². The van der Waals surface area contributed by atoms with Crippen LogP contribution in [0.4, 0.5) is 0 Å². The van der Waals surface area contributed by atoms with Gasteiger partial charge in [-0.3, -0.25) is 4.79 Å². The smallest absolute Gasteiger partial charge is 0.230 e. The molecule has 3 aromatic rings. The fourth-order valence-electron chi connectivity index (χ4n) is 1.82. The Bertz CT molecular complexity index is 756. The number of aromatic nitrogens is 2. The minimum atomic E-state index is -0.192. The molecule has 0 atom stereocenters. The number of benzene rings is 2. The fourth-order valence-corrected chi connectivity index (χ4v) is 1.99. The standard InChI is InChI=1S/C15H9ClN2O/c16-12-7-6-11-9-17-15(18-13(11)8-12)14(19)10-4-2-1-3-5-10/h1-9H. The van der Waals surface area contributed by atoms with Crippen LogP contribution in [0.3, 0.4) is 0 Å². The first-order valence-electron chi connectivity index (χ1n) is 5.76. The van der Waals surface area contributed by atoms with E-state index in [9.17, 15) is 4.79 Å². The maximum atomic E-state index is 12.2. The highest BCUT2D eigenvalue weighted by Crippen LogP contribution is 2.17. The van der Waals surface area contributed by atoms with E-state index in [0.717, 1.165) is 5.39 Å². The predicted molar refractivity (Wildman–Crippen MR) is 74.4 cm³/mol. The van der Waals surface area contributed by atoms with Gasteiger partial charge in [0.15, 0.2) is 0 Å². The first-order chi connectivity index (χ1) is 9.24. The third kappa shape index (κ3) is 2.33. The minimum Gasteiger partial charge on any atom is -0.285 e. The topological polar surface area (TPSA) is 42.9 Å². The Hall–Kier alpha value is -2.26. The lowest BCUT2D eigenvalue weighted by molar-refractivity contribution is 0.102. The van der Waals surface area contributed by atoms with Crippen LogP contribution in [0.25, 0.3) is 10.9 Å². The van der Waals surface area contributed by atoms with E-state index >= 15 is 0 Å². The van der Waals surface area contributed by atoms with Gasteiger partial charge in [-0.05, 0) is 18.2 Å². The van der Waals surface area contributed by atoms with Crippen LogP contribution >= 0.6 is 11.6 Å². The van der Waals surface area contributed by atoms with Gasteiger partial charge in [0.2, 0.25) is 11.6 Å². The van der Waals surface area contributed by atoms with Gasteiger partial charge in [0.1, 0.15) is 0 Å². The Balaban J connectivity index is 2.08. The van der Waals surface area contributed by atoms with Gasteiger partial charge in [0, 0.05) is 22.2 Å². The fraction of sp³-hybridized carbons (Fsp3) is 0. The molecule has 0 aliphatic carbocycles. The average molecular weight is 269 g/mol. The van der Waals surface area contributed by atoms with Crippen molar-refractivity contribution in [1.82, 2.24) is 9.97 Å². The van der Waals surface area contributed by atoms with Crippen molar-refractivity contribution in [2.45, 2.75) is 0 Å². The van der Waals surface area contributed by atoms with E-state index in [1.165, 1.54) is 0 Å². The molecule has 92 valence electrons. The lowest BCUT2D eigenvalue weighted by atomic mass is 10.1. The molecule has 4 heteroatoms.